The fraction of sp³-hybridized carbons (Fsp3) is 0.923. The summed E-state index contributed by atoms with van der Waals surface area (Å²) >= 11 is 1.88. The van der Waals surface area contributed by atoms with E-state index in [1.165, 1.54) is 25.0 Å². The summed E-state index contributed by atoms with van der Waals surface area (Å²) in [5.41, 5.74) is 0.384. The van der Waals surface area contributed by atoms with Crippen LogP contribution in [0.3, 0.4) is 0 Å². The largest absolute Gasteiger partial charge is 0.356 e. The third kappa shape index (κ3) is 3.38. The molecule has 98 valence electrons. The quantitative estimate of drug-likeness (QED) is 0.710. The van der Waals surface area contributed by atoms with Crippen molar-refractivity contribution < 1.29 is 4.79 Å². The molecule has 0 unspecified atom stereocenters. The number of carbonyl (C=O) groups excluding carboxylic acids is 1. The van der Waals surface area contributed by atoms with Crippen molar-refractivity contribution in [2.75, 3.05) is 31.6 Å². The average Bonchev–Trinajstić information content (AvgIpc) is 3.03. The second kappa shape index (κ2) is 6.10. The van der Waals surface area contributed by atoms with E-state index in [0.29, 0.717) is 17.2 Å². The molecule has 1 aliphatic carbocycles. The Bertz CT molecular complexity index is 264. The van der Waals surface area contributed by atoms with Crippen LogP contribution in [0, 0.1) is 11.3 Å². The van der Waals surface area contributed by atoms with Crippen LogP contribution in [0.5, 0.6) is 0 Å². The smallest absolute Gasteiger partial charge is 0.223 e. The van der Waals surface area contributed by atoms with Crippen LogP contribution in [0.4, 0.5) is 0 Å². The van der Waals surface area contributed by atoms with Crippen LogP contribution in [-0.4, -0.2) is 37.6 Å². The molecule has 0 aromatic rings. The summed E-state index contributed by atoms with van der Waals surface area (Å²) in [7, 11) is 0. The topological polar surface area (TPSA) is 41.1 Å². The maximum Gasteiger partial charge on any atom is 0.223 e. The number of hydrogen-bond acceptors (Lipinski definition) is 3. The Labute approximate surface area is 108 Å². The summed E-state index contributed by atoms with van der Waals surface area (Å²) in [5, 5.41) is 6.48. The molecular weight excluding hydrogens is 232 g/mol. The molecule has 2 N–H and O–H groups in total. The number of piperidine rings is 1. The minimum absolute atomic E-state index is 0.316. The molecular formula is C13H24N2OS. The molecule has 1 atom stereocenters. The second-order valence-electron chi connectivity index (χ2n) is 5.36. The molecule has 3 nitrogen and oxygen atoms in total. The minimum atomic E-state index is 0.316. The van der Waals surface area contributed by atoms with E-state index in [2.05, 4.69) is 16.9 Å². The highest BCUT2D eigenvalue weighted by Crippen LogP contribution is 2.58. The predicted molar refractivity (Wildman–Crippen MR) is 73.3 cm³/mol. The van der Waals surface area contributed by atoms with Crippen LogP contribution in [-0.2, 0) is 4.79 Å². The van der Waals surface area contributed by atoms with Crippen molar-refractivity contribution >= 4 is 17.7 Å². The number of rotatable bonds is 6. The number of unbranched alkanes of at least 4 members (excludes halogenated alkanes) is 1. The maximum absolute atomic E-state index is 12.0. The minimum Gasteiger partial charge on any atom is -0.356 e. The van der Waals surface area contributed by atoms with Gasteiger partial charge in [-0.1, -0.05) is 0 Å². The van der Waals surface area contributed by atoms with E-state index >= 15 is 0 Å². The van der Waals surface area contributed by atoms with Crippen molar-refractivity contribution in [1.82, 2.24) is 10.6 Å². The maximum atomic E-state index is 12.0. The molecule has 1 spiro atoms. The van der Waals surface area contributed by atoms with Gasteiger partial charge in [-0.25, -0.2) is 0 Å². The molecule has 2 rings (SSSR count). The van der Waals surface area contributed by atoms with Crippen molar-refractivity contribution in [3.63, 3.8) is 0 Å². The fourth-order valence-corrected chi connectivity index (χ4v) is 3.39. The molecule has 2 aliphatic rings. The summed E-state index contributed by atoms with van der Waals surface area (Å²) in [6.07, 6.45) is 7.97. The van der Waals surface area contributed by atoms with Gasteiger partial charge in [-0.05, 0) is 62.6 Å². The van der Waals surface area contributed by atoms with Crippen LogP contribution < -0.4 is 10.6 Å². The Kier molecular flexibility index (Phi) is 4.74. The molecule has 1 amide bonds. The zero-order chi connectivity index (χ0) is 12.1. The van der Waals surface area contributed by atoms with E-state index in [-0.39, 0.29) is 0 Å². The highest BCUT2D eigenvalue weighted by Gasteiger charge is 2.57. The lowest BCUT2D eigenvalue weighted by atomic mass is 9.92. The third-order valence-corrected chi connectivity index (χ3v) is 4.88. The Morgan fingerprint density at radius 2 is 2.18 bits per heavy atom. The van der Waals surface area contributed by atoms with Crippen molar-refractivity contribution in [1.29, 1.82) is 0 Å². The van der Waals surface area contributed by atoms with Gasteiger partial charge in [-0.15, -0.1) is 0 Å². The number of nitrogens with one attached hydrogen (secondary N) is 2. The highest BCUT2D eigenvalue weighted by atomic mass is 32.2. The SMILES string of the molecule is CSCCCCNC(=O)[C@@H]1CC12CCNCC2. The lowest BCUT2D eigenvalue weighted by Gasteiger charge is -2.23. The molecule has 1 saturated carbocycles. The van der Waals surface area contributed by atoms with Gasteiger partial charge in [0.15, 0.2) is 0 Å². The first-order valence-corrected chi connectivity index (χ1v) is 8.15. The van der Waals surface area contributed by atoms with E-state index in [0.717, 1.165) is 32.5 Å². The van der Waals surface area contributed by atoms with Crippen molar-refractivity contribution in [2.45, 2.75) is 32.1 Å². The van der Waals surface area contributed by atoms with Gasteiger partial charge in [0.05, 0.1) is 0 Å². The van der Waals surface area contributed by atoms with Gasteiger partial charge in [0.1, 0.15) is 0 Å². The zero-order valence-electron chi connectivity index (χ0n) is 10.8. The van der Waals surface area contributed by atoms with Crippen LogP contribution in [0.25, 0.3) is 0 Å². The monoisotopic (exact) mass is 256 g/mol. The summed E-state index contributed by atoms with van der Waals surface area (Å²) < 4.78 is 0. The van der Waals surface area contributed by atoms with Crippen LogP contribution in [0.2, 0.25) is 0 Å². The van der Waals surface area contributed by atoms with Gasteiger partial charge in [0, 0.05) is 12.5 Å². The van der Waals surface area contributed by atoms with Crippen LogP contribution in [0.1, 0.15) is 32.1 Å². The van der Waals surface area contributed by atoms with Crippen molar-refractivity contribution in [3.8, 4) is 0 Å². The lowest BCUT2D eigenvalue weighted by molar-refractivity contribution is -0.123. The molecule has 0 aromatic heterocycles. The second-order valence-corrected chi connectivity index (χ2v) is 6.35. The first-order valence-electron chi connectivity index (χ1n) is 6.76. The molecule has 2 fully saturated rings. The van der Waals surface area contributed by atoms with Gasteiger partial charge >= 0.3 is 0 Å². The first-order chi connectivity index (χ1) is 8.28. The number of hydrogen-bond donors (Lipinski definition) is 2. The molecule has 4 heteroatoms. The zero-order valence-corrected chi connectivity index (χ0v) is 11.6. The molecule has 1 saturated heterocycles. The predicted octanol–water partition coefficient (Wildman–Crippen LogP) is 1.64. The molecule has 0 aromatic carbocycles. The van der Waals surface area contributed by atoms with E-state index in [1.54, 1.807) is 0 Å². The van der Waals surface area contributed by atoms with Crippen LogP contribution >= 0.6 is 11.8 Å². The van der Waals surface area contributed by atoms with Crippen molar-refractivity contribution in [2.24, 2.45) is 11.3 Å². The van der Waals surface area contributed by atoms with Crippen LogP contribution in [0.15, 0.2) is 0 Å². The van der Waals surface area contributed by atoms with Gasteiger partial charge < -0.3 is 10.6 Å². The Balaban J connectivity index is 1.61. The Morgan fingerprint density at radius 1 is 1.41 bits per heavy atom. The average molecular weight is 256 g/mol. The van der Waals surface area contributed by atoms with E-state index in [1.807, 2.05) is 11.8 Å². The summed E-state index contributed by atoms with van der Waals surface area (Å²) in [6, 6.07) is 0. The molecule has 17 heavy (non-hydrogen) atoms. The standard InChI is InChI=1S/C13H24N2OS/c1-17-9-3-2-6-15-12(16)11-10-13(11)4-7-14-8-5-13/h11,14H,2-10H2,1H3,(H,15,16)/t11-/m0/s1. The third-order valence-electron chi connectivity index (χ3n) is 4.18. The van der Waals surface area contributed by atoms with E-state index < -0.39 is 0 Å². The number of thioether (sulfide) groups is 1. The molecule has 0 bridgehead atoms. The van der Waals surface area contributed by atoms with Gasteiger partial charge in [0.25, 0.3) is 0 Å². The summed E-state index contributed by atoms with van der Waals surface area (Å²) in [6.45, 7) is 3.05. The van der Waals surface area contributed by atoms with E-state index in [9.17, 15) is 4.79 Å². The molecule has 0 radical (unpaired) electrons. The normalized spacial score (nSPS) is 25.8. The summed E-state index contributed by atoms with van der Waals surface area (Å²) in [4.78, 5) is 12.0. The number of amides is 1. The molecule has 1 heterocycles. The first kappa shape index (κ1) is 13.2. The van der Waals surface area contributed by atoms with E-state index in [4.69, 9.17) is 0 Å². The van der Waals surface area contributed by atoms with Gasteiger partial charge in [0.2, 0.25) is 5.91 Å². The summed E-state index contributed by atoms with van der Waals surface area (Å²) in [5.74, 6) is 1.84. The van der Waals surface area contributed by atoms with Gasteiger partial charge in [-0.2, -0.15) is 11.8 Å². The molecule has 1 aliphatic heterocycles. The Morgan fingerprint density at radius 3 is 2.88 bits per heavy atom. The lowest BCUT2D eigenvalue weighted by Crippen LogP contribution is -2.34. The highest BCUT2D eigenvalue weighted by molar-refractivity contribution is 7.98. The van der Waals surface area contributed by atoms with Crippen molar-refractivity contribution in [3.05, 3.63) is 0 Å². The number of carbonyl (C=O) groups is 1. The fourth-order valence-electron chi connectivity index (χ4n) is 2.90. The Hall–Kier alpha value is -0.220. The van der Waals surface area contributed by atoms with Gasteiger partial charge in [-0.3, -0.25) is 4.79 Å².